The summed E-state index contributed by atoms with van der Waals surface area (Å²) in [6.07, 6.45) is 1.93. The van der Waals surface area contributed by atoms with E-state index in [0.717, 1.165) is 12.8 Å². The highest BCUT2D eigenvalue weighted by atomic mass is 19.1. The van der Waals surface area contributed by atoms with Crippen molar-refractivity contribution in [3.63, 3.8) is 0 Å². The summed E-state index contributed by atoms with van der Waals surface area (Å²) < 4.78 is 18.8. The third-order valence-corrected chi connectivity index (χ3v) is 3.97. The fourth-order valence-electron chi connectivity index (χ4n) is 2.41. The van der Waals surface area contributed by atoms with Gasteiger partial charge < -0.3 is 9.63 Å². The number of aliphatic hydroxyl groups excluding tert-OH is 1. The molecule has 118 valence electrons. The molecule has 1 fully saturated rings. The van der Waals surface area contributed by atoms with E-state index in [2.05, 4.69) is 10.1 Å². The van der Waals surface area contributed by atoms with Gasteiger partial charge in [0.2, 0.25) is 11.7 Å². The molecule has 2 aromatic rings. The van der Waals surface area contributed by atoms with Crippen LogP contribution in [0.3, 0.4) is 0 Å². The van der Waals surface area contributed by atoms with Crippen molar-refractivity contribution in [2.75, 3.05) is 13.6 Å². The number of hydrogen-bond donors (Lipinski definition) is 1. The van der Waals surface area contributed by atoms with Gasteiger partial charge in [-0.25, -0.2) is 4.39 Å². The molecule has 0 bridgehead atoms. The Morgan fingerprint density at radius 3 is 2.91 bits per heavy atom. The summed E-state index contributed by atoms with van der Waals surface area (Å²) in [7, 11) is 1.90. The van der Waals surface area contributed by atoms with Gasteiger partial charge in [-0.3, -0.25) is 4.90 Å². The Bertz CT molecular complexity index is 655. The lowest BCUT2D eigenvalue weighted by Crippen LogP contribution is -2.30. The predicted octanol–water partition coefficient (Wildman–Crippen LogP) is 2.39. The zero-order chi connectivity index (χ0) is 15.7. The second-order valence-electron chi connectivity index (χ2n) is 6.08. The molecule has 1 aromatic carbocycles. The lowest BCUT2D eigenvalue weighted by atomic mass is 10.1. The van der Waals surface area contributed by atoms with Crippen LogP contribution in [0, 0.1) is 18.7 Å². The van der Waals surface area contributed by atoms with E-state index in [4.69, 9.17) is 4.52 Å². The third kappa shape index (κ3) is 3.51. The summed E-state index contributed by atoms with van der Waals surface area (Å²) >= 11 is 0. The van der Waals surface area contributed by atoms with E-state index in [-0.39, 0.29) is 11.9 Å². The van der Waals surface area contributed by atoms with Crippen molar-refractivity contribution in [1.82, 2.24) is 15.0 Å². The van der Waals surface area contributed by atoms with Gasteiger partial charge in [0.1, 0.15) is 5.82 Å². The molecule has 0 aliphatic heterocycles. The molecule has 0 spiro atoms. The predicted molar refractivity (Wildman–Crippen MR) is 79.5 cm³/mol. The Morgan fingerprint density at radius 2 is 2.23 bits per heavy atom. The Kier molecular flexibility index (Phi) is 4.22. The first-order valence-electron chi connectivity index (χ1n) is 7.48. The summed E-state index contributed by atoms with van der Waals surface area (Å²) in [5, 5.41) is 13.8. The smallest absolute Gasteiger partial charge is 0.241 e. The molecule has 1 unspecified atom stereocenters. The van der Waals surface area contributed by atoms with Crippen LogP contribution in [0.25, 0.3) is 11.4 Å². The highest BCUT2D eigenvalue weighted by Crippen LogP contribution is 2.32. The number of likely N-dealkylation sites (N-methyl/N-ethyl adjacent to an activating group) is 1. The Hall–Kier alpha value is -1.79. The molecule has 1 atom stereocenters. The number of aromatic nitrogens is 2. The van der Waals surface area contributed by atoms with Crippen LogP contribution >= 0.6 is 0 Å². The lowest BCUT2D eigenvalue weighted by molar-refractivity contribution is 0.0992. The van der Waals surface area contributed by atoms with E-state index in [1.165, 1.54) is 6.07 Å². The number of nitrogens with zero attached hydrogens (tertiary/aromatic N) is 3. The van der Waals surface area contributed by atoms with Crippen LogP contribution in [-0.2, 0) is 6.54 Å². The van der Waals surface area contributed by atoms with Crippen LogP contribution in [-0.4, -0.2) is 39.8 Å². The van der Waals surface area contributed by atoms with Crippen LogP contribution in [0.15, 0.2) is 22.7 Å². The quantitative estimate of drug-likeness (QED) is 0.888. The van der Waals surface area contributed by atoms with Gasteiger partial charge >= 0.3 is 0 Å². The van der Waals surface area contributed by atoms with Crippen molar-refractivity contribution < 1.29 is 14.0 Å². The van der Waals surface area contributed by atoms with Gasteiger partial charge in [-0.15, -0.1) is 0 Å². The summed E-state index contributed by atoms with van der Waals surface area (Å²) in [5.74, 6) is 0.997. The minimum Gasteiger partial charge on any atom is -0.392 e. The van der Waals surface area contributed by atoms with Crippen LogP contribution in [0.2, 0.25) is 0 Å². The molecule has 3 rings (SSSR count). The molecule has 22 heavy (non-hydrogen) atoms. The van der Waals surface area contributed by atoms with E-state index in [9.17, 15) is 9.50 Å². The first-order valence-corrected chi connectivity index (χ1v) is 7.48. The molecule has 1 N–H and O–H groups in total. The maximum atomic E-state index is 13.6. The molecule has 6 heteroatoms. The van der Waals surface area contributed by atoms with Crippen molar-refractivity contribution in [2.45, 2.75) is 32.4 Å². The maximum Gasteiger partial charge on any atom is 0.241 e. The standard InChI is InChI=1S/C16H20FN3O2/c1-10-3-4-12(7-13(10)17)16-18-15(22-19-16)9-20(2)8-14(21)11-5-6-11/h3-4,7,11,14,21H,5-6,8-9H2,1-2H3. The van der Waals surface area contributed by atoms with E-state index in [1.54, 1.807) is 19.1 Å². The highest BCUT2D eigenvalue weighted by Gasteiger charge is 2.30. The fourth-order valence-corrected chi connectivity index (χ4v) is 2.41. The Morgan fingerprint density at radius 1 is 1.45 bits per heavy atom. The lowest BCUT2D eigenvalue weighted by Gasteiger charge is -2.18. The number of hydrogen-bond acceptors (Lipinski definition) is 5. The molecular weight excluding hydrogens is 285 g/mol. The second kappa shape index (κ2) is 6.14. The van der Waals surface area contributed by atoms with E-state index in [0.29, 0.717) is 41.8 Å². The summed E-state index contributed by atoms with van der Waals surface area (Å²) in [4.78, 5) is 6.25. The van der Waals surface area contributed by atoms with Gasteiger partial charge in [-0.2, -0.15) is 4.98 Å². The topological polar surface area (TPSA) is 62.4 Å². The Balaban J connectivity index is 1.63. The van der Waals surface area contributed by atoms with Crippen molar-refractivity contribution >= 4 is 0 Å². The van der Waals surface area contributed by atoms with Gasteiger partial charge in [-0.1, -0.05) is 17.3 Å². The molecule has 1 aliphatic carbocycles. The highest BCUT2D eigenvalue weighted by molar-refractivity contribution is 5.54. The average molecular weight is 305 g/mol. The van der Waals surface area contributed by atoms with Gasteiger partial charge in [-0.05, 0) is 44.4 Å². The van der Waals surface area contributed by atoms with Gasteiger partial charge in [0.25, 0.3) is 0 Å². The molecule has 0 amide bonds. The maximum absolute atomic E-state index is 13.6. The third-order valence-electron chi connectivity index (χ3n) is 3.97. The molecule has 1 aliphatic rings. The average Bonchev–Trinajstić information content (AvgIpc) is 3.23. The SMILES string of the molecule is Cc1ccc(-c2noc(CN(C)CC(O)C3CC3)n2)cc1F. The molecule has 0 saturated heterocycles. The number of halogens is 1. The number of aliphatic hydroxyl groups is 1. The molecule has 1 heterocycles. The van der Waals surface area contributed by atoms with E-state index >= 15 is 0 Å². The van der Waals surface area contributed by atoms with Crippen molar-refractivity contribution in [2.24, 2.45) is 5.92 Å². The zero-order valence-electron chi connectivity index (χ0n) is 12.8. The van der Waals surface area contributed by atoms with Gasteiger partial charge in [0.05, 0.1) is 12.6 Å². The van der Waals surface area contributed by atoms with Crippen LogP contribution in [0.1, 0.15) is 24.3 Å². The Labute approximate surface area is 128 Å². The van der Waals surface area contributed by atoms with Crippen molar-refractivity contribution in [1.29, 1.82) is 0 Å². The van der Waals surface area contributed by atoms with Crippen molar-refractivity contribution in [3.05, 3.63) is 35.5 Å². The minimum absolute atomic E-state index is 0.284. The summed E-state index contributed by atoms with van der Waals surface area (Å²) in [6, 6.07) is 4.87. The van der Waals surface area contributed by atoms with Crippen LogP contribution in [0.4, 0.5) is 4.39 Å². The minimum atomic E-state index is -0.293. The van der Waals surface area contributed by atoms with Crippen LogP contribution in [0.5, 0.6) is 0 Å². The fraction of sp³-hybridized carbons (Fsp3) is 0.500. The normalized spacial score (nSPS) is 16.2. The molecule has 0 radical (unpaired) electrons. The number of benzene rings is 1. The molecule has 5 nitrogen and oxygen atoms in total. The summed E-state index contributed by atoms with van der Waals surface area (Å²) in [6.45, 7) is 2.76. The molecule has 1 aromatic heterocycles. The molecule has 1 saturated carbocycles. The number of aryl methyl sites for hydroxylation is 1. The second-order valence-corrected chi connectivity index (χ2v) is 6.08. The first-order chi connectivity index (χ1) is 10.5. The largest absolute Gasteiger partial charge is 0.392 e. The van der Waals surface area contributed by atoms with Crippen molar-refractivity contribution in [3.8, 4) is 11.4 Å². The summed E-state index contributed by atoms with van der Waals surface area (Å²) in [5.41, 5.74) is 1.18. The molecular formula is C16H20FN3O2. The monoisotopic (exact) mass is 305 g/mol. The van der Waals surface area contributed by atoms with Crippen LogP contribution < -0.4 is 0 Å². The van der Waals surface area contributed by atoms with E-state index in [1.807, 2.05) is 11.9 Å². The van der Waals surface area contributed by atoms with E-state index < -0.39 is 0 Å². The first kappa shape index (κ1) is 15.1. The van der Waals surface area contributed by atoms with Gasteiger partial charge in [0, 0.05) is 12.1 Å². The van der Waals surface area contributed by atoms with Gasteiger partial charge in [0.15, 0.2) is 0 Å². The number of rotatable bonds is 6. The zero-order valence-corrected chi connectivity index (χ0v) is 12.8.